The monoisotopic (exact) mass is 151 g/mol. The Morgan fingerprint density at radius 2 is 2.55 bits per heavy atom. The van der Waals surface area contributed by atoms with E-state index in [0.29, 0.717) is 0 Å². The van der Waals surface area contributed by atoms with E-state index < -0.39 is 0 Å². The molecular formula is C8H13N3. The highest BCUT2D eigenvalue weighted by Crippen LogP contribution is 2.09. The summed E-state index contributed by atoms with van der Waals surface area (Å²) >= 11 is 0. The summed E-state index contributed by atoms with van der Waals surface area (Å²) in [4.78, 5) is 1.72. The van der Waals surface area contributed by atoms with Gasteiger partial charge in [-0.2, -0.15) is 0 Å². The van der Waals surface area contributed by atoms with Gasteiger partial charge in [0, 0.05) is 12.7 Å². The van der Waals surface area contributed by atoms with Crippen LogP contribution in [-0.4, -0.2) is 17.4 Å². The molecular weight excluding hydrogens is 138 g/mol. The third kappa shape index (κ3) is 1.83. The maximum absolute atomic E-state index is 7.18. The van der Waals surface area contributed by atoms with E-state index in [1.165, 1.54) is 5.57 Å². The summed E-state index contributed by atoms with van der Waals surface area (Å²) in [7, 11) is 0. The van der Waals surface area contributed by atoms with Crippen LogP contribution in [0.25, 0.3) is 0 Å². The Balaban J connectivity index is 2.62. The second kappa shape index (κ2) is 3.23. The average molecular weight is 151 g/mol. The van der Waals surface area contributed by atoms with Crippen molar-refractivity contribution in [1.29, 1.82) is 5.41 Å². The van der Waals surface area contributed by atoms with Crippen LogP contribution in [0.15, 0.2) is 23.9 Å². The van der Waals surface area contributed by atoms with Crippen molar-refractivity contribution in [2.75, 3.05) is 6.54 Å². The predicted octanol–water partition coefficient (Wildman–Crippen LogP) is 1.05. The molecule has 1 aliphatic rings. The molecule has 0 saturated heterocycles. The van der Waals surface area contributed by atoms with E-state index in [9.17, 15) is 0 Å². The SMILES string of the molecule is CCC1=CC=CN(C(=N)N)C1. The Bertz CT molecular complexity index is 215. The molecule has 0 unspecified atom stereocenters. The molecule has 11 heavy (non-hydrogen) atoms. The van der Waals surface area contributed by atoms with Gasteiger partial charge in [0.05, 0.1) is 0 Å². The molecule has 1 rings (SSSR count). The maximum atomic E-state index is 7.18. The van der Waals surface area contributed by atoms with Gasteiger partial charge >= 0.3 is 0 Å². The van der Waals surface area contributed by atoms with E-state index in [2.05, 4.69) is 13.0 Å². The summed E-state index contributed by atoms with van der Waals surface area (Å²) < 4.78 is 0. The lowest BCUT2D eigenvalue weighted by molar-refractivity contribution is 0.576. The fourth-order valence-electron chi connectivity index (χ4n) is 1.00. The molecule has 0 aliphatic carbocycles. The minimum absolute atomic E-state index is 0.111. The molecule has 0 aromatic carbocycles. The molecule has 1 aliphatic heterocycles. The molecule has 3 nitrogen and oxygen atoms in total. The lowest BCUT2D eigenvalue weighted by Crippen LogP contribution is -2.34. The molecule has 0 amide bonds. The first-order valence-corrected chi connectivity index (χ1v) is 3.71. The number of nitrogens with two attached hydrogens (primary N) is 1. The van der Waals surface area contributed by atoms with Crippen molar-refractivity contribution in [2.45, 2.75) is 13.3 Å². The van der Waals surface area contributed by atoms with Crippen LogP contribution in [0, 0.1) is 5.41 Å². The Kier molecular flexibility index (Phi) is 2.31. The molecule has 0 saturated carbocycles. The molecule has 0 bridgehead atoms. The Morgan fingerprint density at radius 1 is 1.82 bits per heavy atom. The van der Waals surface area contributed by atoms with Gasteiger partial charge in [0.2, 0.25) is 0 Å². The van der Waals surface area contributed by atoms with E-state index in [4.69, 9.17) is 11.1 Å². The van der Waals surface area contributed by atoms with Crippen LogP contribution in [0.4, 0.5) is 0 Å². The zero-order valence-corrected chi connectivity index (χ0v) is 6.67. The first kappa shape index (κ1) is 7.85. The summed E-state index contributed by atoms with van der Waals surface area (Å²) in [6.07, 6.45) is 6.83. The summed E-state index contributed by atoms with van der Waals surface area (Å²) in [5.41, 5.74) is 6.62. The van der Waals surface area contributed by atoms with Crippen molar-refractivity contribution in [2.24, 2.45) is 5.73 Å². The molecule has 0 spiro atoms. The number of guanidine groups is 1. The summed E-state index contributed by atoms with van der Waals surface area (Å²) in [5.74, 6) is 0.111. The number of hydrogen-bond donors (Lipinski definition) is 2. The van der Waals surface area contributed by atoms with Crippen LogP contribution in [-0.2, 0) is 0 Å². The van der Waals surface area contributed by atoms with E-state index >= 15 is 0 Å². The number of hydrogen-bond acceptors (Lipinski definition) is 1. The van der Waals surface area contributed by atoms with Crippen LogP contribution in [0.5, 0.6) is 0 Å². The first-order valence-electron chi connectivity index (χ1n) is 3.71. The van der Waals surface area contributed by atoms with Crippen molar-refractivity contribution in [1.82, 2.24) is 4.90 Å². The van der Waals surface area contributed by atoms with E-state index in [0.717, 1.165) is 13.0 Å². The summed E-state index contributed by atoms with van der Waals surface area (Å²) in [5, 5.41) is 7.18. The van der Waals surface area contributed by atoms with Crippen LogP contribution >= 0.6 is 0 Å². The van der Waals surface area contributed by atoms with Crippen molar-refractivity contribution in [3.63, 3.8) is 0 Å². The molecule has 3 heteroatoms. The van der Waals surface area contributed by atoms with Crippen LogP contribution in [0.3, 0.4) is 0 Å². The summed E-state index contributed by atoms with van der Waals surface area (Å²) in [6, 6.07) is 0. The smallest absolute Gasteiger partial charge is 0.192 e. The van der Waals surface area contributed by atoms with Crippen molar-refractivity contribution in [3.05, 3.63) is 23.9 Å². The minimum Gasteiger partial charge on any atom is -0.370 e. The lowest BCUT2D eigenvalue weighted by Gasteiger charge is -2.21. The van der Waals surface area contributed by atoms with Gasteiger partial charge in [-0.15, -0.1) is 0 Å². The van der Waals surface area contributed by atoms with E-state index in [1.807, 2.05) is 12.3 Å². The minimum atomic E-state index is 0.111. The zero-order chi connectivity index (χ0) is 8.27. The van der Waals surface area contributed by atoms with Gasteiger partial charge in [-0.05, 0) is 12.5 Å². The topological polar surface area (TPSA) is 53.1 Å². The highest BCUT2D eigenvalue weighted by molar-refractivity contribution is 5.76. The van der Waals surface area contributed by atoms with E-state index in [1.54, 1.807) is 4.90 Å². The number of rotatable bonds is 1. The Morgan fingerprint density at radius 3 is 3.09 bits per heavy atom. The normalized spacial score (nSPS) is 16.5. The molecule has 0 aromatic rings. The van der Waals surface area contributed by atoms with Gasteiger partial charge < -0.3 is 10.6 Å². The van der Waals surface area contributed by atoms with Gasteiger partial charge in [0.15, 0.2) is 5.96 Å². The van der Waals surface area contributed by atoms with Gasteiger partial charge in [-0.1, -0.05) is 18.6 Å². The first-order chi connectivity index (χ1) is 5.24. The van der Waals surface area contributed by atoms with Gasteiger partial charge in [-0.3, -0.25) is 5.41 Å². The second-order valence-corrected chi connectivity index (χ2v) is 2.53. The number of nitrogens with zero attached hydrogens (tertiary/aromatic N) is 1. The molecule has 0 atom stereocenters. The highest BCUT2D eigenvalue weighted by atomic mass is 15.2. The fraction of sp³-hybridized carbons (Fsp3) is 0.375. The standard InChI is InChI=1S/C8H13N3/c1-2-7-4-3-5-11(6-7)8(9)10/h3-5H,2,6H2,1H3,(H3,9,10). The van der Waals surface area contributed by atoms with Crippen molar-refractivity contribution in [3.8, 4) is 0 Å². The van der Waals surface area contributed by atoms with Crippen LogP contribution < -0.4 is 5.73 Å². The molecule has 60 valence electrons. The number of allylic oxidation sites excluding steroid dienone is 2. The molecule has 0 fully saturated rings. The van der Waals surface area contributed by atoms with Crippen molar-refractivity contribution < 1.29 is 0 Å². The molecule has 1 heterocycles. The highest BCUT2D eigenvalue weighted by Gasteiger charge is 2.06. The molecule has 3 N–H and O–H groups in total. The summed E-state index contributed by atoms with van der Waals surface area (Å²) in [6.45, 7) is 2.87. The van der Waals surface area contributed by atoms with Crippen LogP contribution in [0.2, 0.25) is 0 Å². The van der Waals surface area contributed by atoms with Crippen molar-refractivity contribution >= 4 is 5.96 Å². The van der Waals surface area contributed by atoms with Crippen LogP contribution in [0.1, 0.15) is 13.3 Å². The van der Waals surface area contributed by atoms with E-state index in [-0.39, 0.29) is 5.96 Å². The molecule has 0 radical (unpaired) electrons. The quantitative estimate of drug-likeness (QED) is 0.434. The third-order valence-corrected chi connectivity index (χ3v) is 1.73. The average Bonchev–Trinajstić information content (AvgIpc) is 2.05. The zero-order valence-electron chi connectivity index (χ0n) is 6.67. The molecule has 0 aromatic heterocycles. The Labute approximate surface area is 66.7 Å². The predicted molar refractivity (Wildman–Crippen MR) is 46.1 cm³/mol. The van der Waals surface area contributed by atoms with Gasteiger partial charge in [0.1, 0.15) is 0 Å². The number of nitrogens with one attached hydrogen (secondary N) is 1. The fourth-order valence-corrected chi connectivity index (χ4v) is 1.00. The Hall–Kier alpha value is -1.25. The lowest BCUT2D eigenvalue weighted by atomic mass is 10.1. The third-order valence-electron chi connectivity index (χ3n) is 1.73. The second-order valence-electron chi connectivity index (χ2n) is 2.53. The van der Waals surface area contributed by atoms with Gasteiger partial charge in [0.25, 0.3) is 0 Å². The largest absolute Gasteiger partial charge is 0.370 e. The van der Waals surface area contributed by atoms with Gasteiger partial charge in [-0.25, -0.2) is 0 Å². The maximum Gasteiger partial charge on any atom is 0.192 e.